The molecule has 0 saturated heterocycles. The summed E-state index contributed by atoms with van der Waals surface area (Å²) in [5, 5.41) is 0. The van der Waals surface area contributed by atoms with Crippen LogP contribution in [0.15, 0.2) is 23.3 Å². The largest absolute Gasteiger partial charge is 0.290 e. The quantitative estimate of drug-likeness (QED) is 0.567. The van der Waals surface area contributed by atoms with Crippen molar-refractivity contribution in [1.82, 2.24) is 0 Å². The third-order valence-corrected chi connectivity index (χ3v) is 1.21. The smallest absolute Gasteiger partial charge is 0.178 e. The highest BCUT2D eigenvalue weighted by Gasteiger charge is 1.91. The lowest BCUT2D eigenvalue weighted by molar-refractivity contribution is -0.110. The number of rotatable bonds is 3. The van der Waals surface area contributed by atoms with E-state index in [1.807, 2.05) is 20.8 Å². The fourth-order valence-corrected chi connectivity index (χ4v) is 0.641. The summed E-state index contributed by atoms with van der Waals surface area (Å²) in [7, 11) is 0. The van der Waals surface area contributed by atoms with Crippen molar-refractivity contribution in [2.45, 2.75) is 27.2 Å². The number of carbonyl (C=O) groups excluding carboxylic acids is 1. The second-order valence-corrected chi connectivity index (χ2v) is 2.86. The molecule has 0 amide bonds. The summed E-state index contributed by atoms with van der Waals surface area (Å²) < 4.78 is 0. The molecule has 0 fully saturated rings. The van der Waals surface area contributed by atoms with Gasteiger partial charge in [-0.15, -0.1) is 0 Å². The summed E-state index contributed by atoms with van der Waals surface area (Å²) in [6.45, 7) is 9.40. The second-order valence-electron chi connectivity index (χ2n) is 2.86. The molecule has 0 N–H and O–H groups in total. The lowest BCUT2D eigenvalue weighted by Gasteiger charge is -1.91. The van der Waals surface area contributed by atoms with E-state index >= 15 is 0 Å². The molecule has 0 rings (SSSR count). The van der Waals surface area contributed by atoms with E-state index in [4.69, 9.17) is 0 Å². The molecular formula is C10H15O. The van der Waals surface area contributed by atoms with Crippen LogP contribution in [0.1, 0.15) is 27.2 Å². The highest BCUT2D eigenvalue weighted by Crippen LogP contribution is 1.99. The van der Waals surface area contributed by atoms with E-state index in [0.717, 1.165) is 11.1 Å². The average Bonchev–Trinajstić information content (AvgIpc) is 1.85. The van der Waals surface area contributed by atoms with Crippen LogP contribution in [0, 0.1) is 6.92 Å². The molecule has 0 aliphatic rings. The molecule has 0 aliphatic heterocycles. The second kappa shape index (κ2) is 4.89. The SMILES string of the molecule is [CH2]C/C(C)=C/C(=O)C=C(C)C. The Bertz CT molecular complexity index is 193. The third kappa shape index (κ3) is 5.59. The molecule has 0 spiro atoms. The minimum atomic E-state index is 0.0613. The molecule has 1 heteroatoms. The molecule has 61 valence electrons. The predicted molar refractivity (Wildman–Crippen MR) is 48.2 cm³/mol. The van der Waals surface area contributed by atoms with Crippen molar-refractivity contribution in [3.8, 4) is 0 Å². The number of hydrogen-bond acceptors (Lipinski definition) is 1. The van der Waals surface area contributed by atoms with Gasteiger partial charge in [0, 0.05) is 0 Å². The summed E-state index contributed by atoms with van der Waals surface area (Å²) in [4.78, 5) is 11.0. The van der Waals surface area contributed by atoms with Gasteiger partial charge in [-0.2, -0.15) is 0 Å². The maximum absolute atomic E-state index is 11.0. The van der Waals surface area contributed by atoms with Gasteiger partial charge in [-0.3, -0.25) is 4.79 Å². The molecule has 0 heterocycles. The van der Waals surface area contributed by atoms with Crippen LogP contribution in [0.5, 0.6) is 0 Å². The number of allylic oxidation sites excluding steroid dienone is 4. The minimum Gasteiger partial charge on any atom is -0.290 e. The first-order chi connectivity index (χ1) is 5.06. The monoisotopic (exact) mass is 151 g/mol. The lowest BCUT2D eigenvalue weighted by atomic mass is 10.1. The Hall–Kier alpha value is -0.850. The highest BCUT2D eigenvalue weighted by atomic mass is 16.1. The van der Waals surface area contributed by atoms with Gasteiger partial charge >= 0.3 is 0 Å². The van der Waals surface area contributed by atoms with Gasteiger partial charge in [0.05, 0.1) is 0 Å². The Morgan fingerprint density at radius 1 is 1.27 bits per heavy atom. The molecule has 0 atom stereocenters. The Morgan fingerprint density at radius 2 is 1.82 bits per heavy atom. The molecule has 0 aromatic carbocycles. The highest BCUT2D eigenvalue weighted by molar-refractivity contribution is 5.99. The Morgan fingerprint density at radius 3 is 2.18 bits per heavy atom. The van der Waals surface area contributed by atoms with E-state index in [-0.39, 0.29) is 5.78 Å². The molecule has 1 radical (unpaired) electrons. The van der Waals surface area contributed by atoms with Gasteiger partial charge in [0.25, 0.3) is 0 Å². The number of carbonyl (C=O) groups is 1. The van der Waals surface area contributed by atoms with Crippen LogP contribution in [0.25, 0.3) is 0 Å². The van der Waals surface area contributed by atoms with E-state index in [2.05, 4.69) is 6.92 Å². The van der Waals surface area contributed by atoms with Gasteiger partial charge in [-0.05, 0) is 46.3 Å². The lowest BCUT2D eigenvalue weighted by Crippen LogP contribution is -1.88. The molecular weight excluding hydrogens is 136 g/mol. The zero-order valence-corrected chi connectivity index (χ0v) is 7.48. The van der Waals surface area contributed by atoms with Crippen LogP contribution in [-0.4, -0.2) is 5.78 Å². The molecule has 1 nitrogen and oxygen atoms in total. The Balaban J connectivity index is 4.19. The predicted octanol–water partition coefficient (Wildman–Crippen LogP) is 2.69. The molecule has 0 aromatic heterocycles. The molecule has 0 saturated carbocycles. The van der Waals surface area contributed by atoms with Gasteiger partial charge in [0.15, 0.2) is 5.78 Å². The van der Waals surface area contributed by atoms with Crippen molar-refractivity contribution >= 4 is 5.78 Å². The number of hydrogen-bond donors (Lipinski definition) is 0. The summed E-state index contributed by atoms with van der Waals surface area (Å²) in [5.41, 5.74) is 2.05. The van der Waals surface area contributed by atoms with E-state index in [0.29, 0.717) is 6.42 Å². The van der Waals surface area contributed by atoms with Crippen molar-refractivity contribution in [2.75, 3.05) is 0 Å². The molecule has 0 unspecified atom stereocenters. The van der Waals surface area contributed by atoms with Gasteiger partial charge in [0.2, 0.25) is 0 Å². The zero-order valence-electron chi connectivity index (χ0n) is 7.48. The van der Waals surface area contributed by atoms with Crippen LogP contribution in [0.4, 0.5) is 0 Å². The summed E-state index contributed by atoms with van der Waals surface area (Å²) >= 11 is 0. The fourth-order valence-electron chi connectivity index (χ4n) is 0.641. The fraction of sp³-hybridized carbons (Fsp3) is 0.400. The van der Waals surface area contributed by atoms with Crippen molar-refractivity contribution in [3.05, 3.63) is 30.2 Å². The van der Waals surface area contributed by atoms with Crippen molar-refractivity contribution in [1.29, 1.82) is 0 Å². The molecule has 11 heavy (non-hydrogen) atoms. The first-order valence-electron chi connectivity index (χ1n) is 3.71. The van der Waals surface area contributed by atoms with Crippen LogP contribution >= 0.6 is 0 Å². The Labute approximate surface area is 68.8 Å². The average molecular weight is 151 g/mol. The van der Waals surface area contributed by atoms with Gasteiger partial charge < -0.3 is 0 Å². The van der Waals surface area contributed by atoms with E-state index in [9.17, 15) is 4.79 Å². The maximum atomic E-state index is 11.0. The first kappa shape index (κ1) is 10.2. The van der Waals surface area contributed by atoms with Gasteiger partial charge in [-0.1, -0.05) is 11.1 Å². The molecule has 0 aromatic rings. The zero-order chi connectivity index (χ0) is 8.85. The van der Waals surface area contributed by atoms with E-state index < -0.39 is 0 Å². The summed E-state index contributed by atoms with van der Waals surface area (Å²) in [5.74, 6) is 0.0613. The standard InChI is InChI=1S/C10H15O/c1-5-9(4)7-10(11)6-8(2)3/h6-7H,1,5H2,2-4H3/b9-7+. The third-order valence-electron chi connectivity index (χ3n) is 1.21. The normalized spacial score (nSPS) is 11.1. The Kier molecular flexibility index (Phi) is 4.51. The van der Waals surface area contributed by atoms with Crippen molar-refractivity contribution < 1.29 is 4.79 Å². The summed E-state index contributed by atoms with van der Waals surface area (Å²) in [6, 6.07) is 0. The topological polar surface area (TPSA) is 17.1 Å². The summed E-state index contributed by atoms with van der Waals surface area (Å²) in [6.07, 6.45) is 3.95. The number of ketones is 1. The minimum absolute atomic E-state index is 0.0613. The van der Waals surface area contributed by atoms with Crippen LogP contribution in [0.3, 0.4) is 0 Å². The van der Waals surface area contributed by atoms with Crippen LogP contribution in [0.2, 0.25) is 0 Å². The molecule has 0 bridgehead atoms. The van der Waals surface area contributed by atoms with E-state index in [1.165, 1.54) is 0 Å². The first-order valence-corrected chi connectivity index (χ1v) is 3.71. The molecule has 0 aliphatic carbocycles. The van der Waals surface area contributed by atoms with Gasteiger partial charge in [-0.25, -0.2) is 0 Å². The van der Waals surface area contributed by atoms with E-state index in [1.54, 1.807) is 12.2 Å². The van der Waals surface area contributed by atoms with Crippen LogP contribution in [-0.2, 0) is 4.79 Å². The van der Waals surface area contributed by atoms with Gasteiger partial charge in [0.1, 0.15) is 0 Å². The van der Waals surface area contributed by atoms with Crippen LogP contribution < -0.4 is 0 Å². The maximum Gasteiger partial charge on any atom is 0.178 e. The van der Waals surface area contributed by atoms with Crippen molar-refractivity contribution in [3.63, 3.8) is 0 Å². The van der Waals surface area contributed by atoms with Crippen molar-refractivity contribution in [2.24, 2.45) is 0 Å².